The Morgan fingerprint density at radius 1 is 1.29 bits per heavy atom. The highest BCUT2D eigenvalue weighted by Crippen LogP contribution is 2.36. The van der Waals surface area contributed by atoms with Crippen LogP contribution >= 0.6 is 11.6 Å². The first-order valence-corrected chi connectivity index (χ1v) is 11.0. The van der Waals surface area contributed by atoms with E-state index in [-0.39, 0.29) is 42.2 Å². The summed E-state index contributed by atoms with van der Waals surface area (Å²) in [6.45, 7) is 0.593. The summed E-state index contributed by atoms with van der Waals surface area (Å²) in [6, 6.07) is 6.58. The van der Waals surface area contributed by atoms with Crippen LogP contribution in [-0.4, -0.2) is 40.2 Å². The van der Waals surface area contributed by atoms with Gasteiger partial charge in [0.05, 0.1) is 16.6 Å². The summed E-state index contributed by atoms with van der Waals surface area (Å²) in [6.07, 6.45) is 3.62. The number of nitrogens with zero attached hydrogens (tertiary/aromatic N) is 2. The summed E-state index contributed by atoms with van der Waals surface area (Å²) in [4.78, 5) is 44.9. The Bertz CT molecular complexity index is 1060. The van der Waals surface area contributed by atoms with E-state index in [1.807, 2.05) is 0 Å². The number of nitriles is 1. The van der Waals surface area contributed by atoms with Crippen molar-refractivity contribution in [2.24, 2.45) is 17.8 Å². The fourth-order valence-corrected chi connectivity index (χ4v) is 4.29. The van der Waals surface area contributed by atoms with Crippen LogP contribution in [0.3, 0.4) is 0 Å². The van der Waals surface area contributed by atoms with Crippen molar-refractivity contribution in [2.75, 3.05) is 6.54 Å². The number of H-pyrrole nitrogens is 1. The number of aromatic amines is 1. The smallest absolute Gasteiger partial charge is 0.224 e. The van der Waals surface area contributed by atoms with Crippen molar-refractivity contribution in [1.82, 2.24) is 20.6 Å². The maximum Gasteiger partial charge on any atom is 0.224 e. The lowest BCUT2D eigenvalue weighted by Crippen LogP contribution is -2.40. The van der Waals surface area contributed by atoms with Crippen LogP contribution in [0.2, 0.25) is 5.02 Å². The first-order chi connectivity index (χ1) is 14.9. The van der Waals surface area contributed by atoms with Crippen LogP contribution < -0.4 is 10.6 Å². The van der Waals surface area contributed by atoms with E-state index in [2.05, 4.69) is 26.7 Å². The first-order valence-electron chi connectivity index (χ1n) is 10.6. The van der Waals surface area contributed by atoms with Crippen LogP contribution in [0, 0.1) is 29.1 Å². The molecule has 0 spiro atoms. The zero-order chi connectivity index (χ0) is 22.0. The van der Waals surface area contributed by atoms with Crippen molar-refractivity contribution in [1.29, 1.82) is 5.26 Å². The van der Waals surface area contributed by atoms with Crippen molar-refractivity contribution >= 4 is 40.2 Å². The molecule has 1 aromatic heterocycles. The van der Waals surface area contributed by atoms with Crippen LogP contribution in [0.1, 0.15) is 49.1 Å². The number of amides is 2. The number of para-hydroxylation sites is 1. The minimum atomic E-state index is -0.761. The van der Waals surface area contributed by atoms with Gasteiger partial charge < -0.3 is 15.6 Å². The van der Waals surface area contributed by atoms with Crippen LogP contribution in [-0.2, 0) is 9.59 Å². The number of ketones is 1. The maximum atomic E-state index is 13.0. The number of fused-ring (bicyclic) bond motifs is 1. The summed E-state index contributed by atoms with van der Waals surface area (Å²) in [7, 11) is 0. The standard InChI is InChI=1S/C22H24ClN5O3/c23-16-2-1-3-17-19(16)28-20(27-17)18(29)10-14(8-12-4-5-12)22(31)26-15(11-24)9-13-6-7-25-21(13)30/h1-3,12-15H,4-10H2,(H,25,30)(H,26,31)(H,27,28). The summed E-state index contributed by atoms with van der Waals surface area (Å²) < 4.78 is 0. The Hall–Kier alpha value is -2.92. The first kappa shape index (κ1) is 21.3. The molecule has 1 saturated carbocycles. The molecule has 3 N–H and O–H groups in total. The largest absolute Gasteiger partial charge is 0.356 e. The molecule has 2 aromatic rings. The molecule has 1 aromatic carbocycles. The molecule has 0 radical (unpaired) electrons. The topological polar surface area (TPSA) is 128 Å². The number of carbonyl (C=O) groups excluding carboxylic acids is 3. The fourth-order valence-electron chi connectivity index (χ4n) is 4.08. The van der Waals surface area contributed by atoms with Crippen molar-refractivity contribution in [3.05, 3.63) is 29.0 Å². The normalized spacial score (nSPS) is 20.1. The second-order valence-corrected chi connectivity index (χ2v) is 8.83. The van der Waals surface area contributed by atoms with Gasteiger partial charge in [-0.3, -0.25) is 14.4 Å². The second kappa shape index (κ2) is 9.06. The molecule has 1 saturated heterocycles. The SMILES string of the molecule is N#CC(CC1CCNC1=O)NC(=O)C(CC(=O)c1nc2c(Cl)cccc2[nH]1)CC1CC1. The molecular formula is C22H24ClN5O3. The van der Waals surface area contributed by atoms with Gasteiger partial charge in [-0.25, -0.2) is 4.98 Å². The number of hydrogen-bond donors (Lipinski definition) is 3. The summed E-state index contributed by atoms with van der Waals surface area (Å²) in [5.41, 5.74) is 1.19. The molecule has 2 heterocycles. The lowest BCUT2D eigenvalue weighted by molar-refractivity contribution is -0.127. The molecule has 162 valence electrons. The fraction of sp³-hybridized carbons (Fsp3) is 0.500. The summed E-state index contributed by atoms with van der Waals surface area (Å²) in [5, 5.41) is 15.4. The van der Waals surface area contributed by atoms with E-state index in [0.29, 0.717) is 41.4 Å². The molecule has 2 amide bonds. The quantitative estimate of drug-likeness (QED) is 0.515. The number of benzene rings is 1. The van der Waals surface area contributed by atoms with Crippen molar-refractivity contribution < 1.29 is 14.4 Å². The minimum Gasteiger partial charge on any atom is -0.356 e. The average Bonchev–Trinajstić information content (AvgIpc) is 3.30. The Kier molecular flexibility index (Phi) is 6.23. The molecule has 3 atom stereocenters. The molecule has 1 aliphatic carbocycles. The molecule has 31 heavy (non-hydrogen) atoms. The lowest BCUT2D eigenvalue weighted by atomic mass is 9.93. The monoisotopic (exact) mass is 441 g/mol. The van der Waals surface area contributed by atoms with Gasteiger partial charge >= 0.3 is 0 Å². The van der Waals surface area contributed by atoms with E-state index in [1.165, 1.54) is 0 Å². The number of halogens is 1. The molecule has 2 fully saturated rings. The molecular weight excluding hydrogens is 418 g/mol. The third-order valence-electron chi connectivity index (χ3n) is 6.00. The third-order valence-corrected chi connectivity index (χ3v) is 6.31. The van der Waals surface area contributed by atoms with E-state index in [9.17, 15) is 19.6 Å². The summed E-state index contributed by atoms with van der Waals surface area (Å²) in [5.74, 6) is -0.879. The molecule has 4 rings (SSSR count). The molecule has 9 heteroatoms. The molecule has 1 aliphatic heterocycles. The van der Waals surface area contributed by atoms with Crippen molar-refractivity contribution in [3.63, 3.8) is 0 Å². The molecule has 2 aliphatic rings. The van der Waals surface area contributed by atoms with Crippen LogP contribution in [0.25, 0.3) is 11.0 Å². The van der Waals surface area contributed by atoms with Crippen LogP contribution in [0.5, 0.6) is 0 Å². The average molecular weight is 442 g/mol. The van der Waals surface area contributed by atoms with Gasteiger partial charge in [-0.2, -0.15) is 5.26 Å². The third kappa shape index (κ3) is 5.05. The molecule has 0 bridgehead atoms. The lowest BCUT2D eigenvalue weighted by Gasteiger charge is -2.19. The number of nitrogens with one attached hydrogen (secondary N) is 3. The summed E-state index contributed by atoms with van der Waals surface area (Å²) >= 11 is 6.14. The van der Waals surface area contributed by atoms with Gasteiger partial charge in [-0.1, -0.05) is 30.5 Å². The van der Waals surface area contributed by atoms with Gasteiger partial charge in [0.1, 0.15) is 11.6 Å². The highest BCUT2D eigenvalue weighted by atomic mass is 35.5. The number of aromatic nitrogens is 2. The van der Waals surface area contributed by atoms with Gasteiger partial charge in [-0.05, 0) is 37.3 Å². The van der Waals surface area contributed by atoms with Gasteiger partial charge in [-0.15, -0.1) is 0 Å². The van der Waals surface area contributed by atoms with E-state index < -0.39 is 12.0 Å². The second-order valence-electron chi connectivity index (χ2n) is 8.43. The number of carbonyl (C=O) groups is 3. The Balaban J connectivity index is 1.43. The van der Waals surface area contributed by atoms with Gasteiger partial charge in [0.2, 0.25) is 11.8 Å². The van der Waals surface area contributed by atoms with Gasteiger partial charge in [0.25, 0.3) is 0 Å². The molecule has 3 unspecified atom stereocenters. The number of imidazole rings is 1. The highest BCUT2D eigenvalue weighted by Gasteiger charge is 2.34. The maximum absolute atomic E-state index is 13.0. The van der Waals surface area contributed by atoms with E-state index in [4.69, 9.17) is 11.6 Å². The highest BCUT2D eigenvalue weighted by molar-refractivity contribution is 6.35. The Morgan fingerprint density at radius 3 is 2.74 bits per heavy atom. The van der Waals surface area contributed by atoms with E-state index in [0.717, 1.165) is 12.8 Å². The van der Waals surface area contributed by atoms with Gasteiger partial charge in [0.15, 0.2) is 11.6 Å². The predicted octanol–water partition coefficient (Wildman–Crippen LogP) is 2.74. The Morgan fingerprint density at radius 2 is 2.10 bits per heavy atom. The van der Waals surface area contributed by atoms with E-state index >= 15 is 0 Å². The van der Waals surface area contributed by atoms with Crippen LogP contribution in [0.4, 0.5) is 0 Å². The number of Topliss-reactive ketones (excluding diaryl/α,β-unsaturated/α-hetero) is 1. The molecule has 8 nitrogen and oxygen atoms in total. The van der Waals surface area contributed by atoms with E-state index in [1.54, 1.807) is 18.2 Å². The van der Waals surface area contributed by atoms with Crippen molar-refractivity contribution in [2.45, 2.75) is 44.6 Å². The van der Waals surface area contributed by atoms with Crippen LogP contribution in [0.15, 0.2) is 18.2 Å². The van der Waals surface area contributed by atoms with Gasteiger partial charge in [0, 0.05) is 24.8 Å². The minimum absolute atomic E-state index is 0.00182. The zero-order valence-electron chi connectivity index (χ0n) is 17.0. The predicted molar refractivity (Wildman–Crippen MR) is 114 cm³/mol. The number of hydrogen-bond acceptors (Lipinski definition) is 5. The Labute approximate surface area is 184 Å². The number of rotatable bonds is 9. The van der Waals surface area contributed by atoms with Crippen molar-refractivity contribution in [3.8, 4) is 6.07 Å². The zero-order valence-corrected chi connectivity index (χ0v) is 17.7.